The number of halogens is 1. The van der Waals surface area contributed by atoms with Crippen molar-refractivity contribution in [3.05, 3.63) is 23.8 Å². The number of methoxy groups -OCH3 is 2. The highest BCUT2D eigenvalue weighted by molar-refractivity contribution is 9.09. The van der Waals surface area contributed by atoms with Gasteiger partial charge in [0.15, 0.2) is 11.5 Å². The van der Waals surface area contributed by atoms with E-state index in [1.807, 2.05) is 0 Å². The highest BCUT2D eigenvalue weighted by Gasteiger charge is 2.24. The first-order valence-electron chi connectivity index (χ1n) is 5.59. The number of benzene rings is 1. The molecular weight excluding hydrogens is 316 g/mol. The van der Waals surface area contributed by atoms with Crippen molar-refractivity contribution in [2.75, 3.05) is 20.8 Å². The predicted octanol–water partition coefficient (Wildman–Crippen LogP) is 1.66. The van der Waals surface area contributed by atoms with Crippen molar-refractivity contribution >= 4 is 27.5 Å². The molecule has 0 spiro atoms. The summed E-state index contributed by atoms with van der Waals surface area (Å²) in [4.78, 5) is 22.5. The highest BCUT2D eigenvalue weighted by atomic mass is 79.9. The average molecular weight is 331 g/mol. The number of aliphatic hydroxyl groups is 1. The Balaban J connectivity index is 2.96. The summed E-state index contributed by atoms with van der Waals surface area (Å²) in [5.74, 6) is -0.188. The Morgan fingerprint density at radius 1 is 1.26 bits per heavy atom. The summed E-state index contributed by atoms with van der Waals surface area (Å²) in [5.41, 5.74) is 0.592. The third-order valence-corrected chi connectivity index (χ3v) is 3.49. The van der Waals surface area contributed by atoms with Gasteiger partial charge in [-0.15, -0.1) is 0 Å². The number of rotatable bonds is 7. The Labute approximate surface area is 119 Å². The maximum Gasteiger partial charge on any atom is 0.216 e. The molecule has 0 heterocycles. The zero-order chi connectivity index (χ0) is 14.4. The standard InChI is InChI=1S/C13H15BrO5/c1-18-10-4-3-8(7-11(10)19-2)12(14)13(17)9(16)5-6-15/h3-4,7,12,15H,5-6H2,1-2H3. The van der Waals surface area contributed by atoms with Crippen LogP contribution in [-0.4, -0.2) is 37.5 Å². The Morgan fingerprint density at radius 3 is 2.42 bits per heavy atom. The van der Waals surface area contributed by atoms with E-state index in [9.17, 15) is 9.59 Å². The van der Waals surface area contributed by atoms with Crippen LogP contribution in [0.3, 0.4) is 0 Å². The van der Waals surface area contributed by atoms with Crippen molar-refractivity contribution < 1.29 is 24.2 Å². The van der Waals surface area contributed by atoms with E-state index in [-0.39, 0.29) is 13.0 Å². The van der Waals surface area contributed by atoms with Gasteiger partial charge in [0.2, 0.25) is 11.6 Å². The van der Waals surface area contributed by atoms with Gasteiger partial charge >= 0.3 is 0 Å². The van der Waals surface area contributed by atoms with Crippen LogP contribution in [0.2, 0.25) is 0 Å². The third kappa shape index (κ3) is 3.78. The first kappa shape index (κ1) is 15.7. The first-order chi connectivity index (χ1) is 9.04. The summed E-state index contributed by atoms with van der Waals surface area (Å²) in [5, 5.41) is 8.66. The number of hydrogen-bond acceptors (Lipinski definition) is 5. The van der Waals surface area contributed by atoms with Gasteiger partial charge < -0.3 is 14.6 Å². The number of ketones is 2. The lowest BCUT2D eigenvalue weighted by Crippen LogP contribution is -2.19. The van der Waals surface area contributed by atoms with Gasteiger partial charge in [0.25, 0.3) is 0 Å². The first-order valence-corrected chi connectivity index (χ1v) is 6.50. The molecule has 0 saturated heterocycles. The Bertz CT molecular complexity index is 472. The number of carbonyl (C=O) groups is 2. The third-order valence-electron chi connectivity index (χ3n) is 2.54. The smallest absolute Gasteiger partial charge is 0.216 e. The van der Waals surface area contributed by atoms with Crippen LogP contribution in [0.15, 0.2) is 18.2 Å². The van der Waals surface area contributed by atoms with Crippen LogP contribution in [0, 0.1) is 0 Å². The van der Waals surface area contributed by atoms with E-state index in [4.69, 9.17) is 14.6 Å². The molecule has 1 rings (SSSR count). The number of ether oxygens (including phenoxy) is 2. The van der Waals surface area contributed by atoms with Gasteiger partial charge in [-0.2, -0.15) is 0 Å². The van der Waals surface area contributed by atoms with Crippen LogP contribution in [0.5, 0.6) is 11.5 Å². The largest absolute Gasteiger partial charge is 0.493 e. The number of aliphatic hydroxyl groups excluding tert-OH is 1. The van der Waals surface area contributed by atoms with Crippen LogP contribution in [0.4, 0.5) is 0 Å². The summed E-state index contributed by atoms with van der Waals surface area (Å²) in [6.45, 7) is -0.337. The van der Waals surface area contributed by atoms with E-state index in [2.05, 4.69) is 15.9 Å². The van der Waals surface area contributed by atoms with Crippen molar-refractivity contribution in [1.82, 2.24) is 0 Å². The molecule has 1 atom stereocenters. The van der Waals surface area contributed by atoms with Gasteiger partial charge in [-0.3, -0.25) is 9.59 Å². The minimum Gasteiger partial charge on any atom is -0.493 e. The molecule has 0 saturated carbocycles. The maximum absolute atomic E-state index is 11.8. The summed E-state index contributed by atoms with van der Waals surface area (Å²) in [7, 11) is 3.00. The molecule has 6 heteroatoms. The molecule has 1 aromatic carbocycles. The summed E-state index contributed by atoms with van der Waals surface area (Å²) in [6.07, 6.45) is -0.172. The lowest BCUT2D eigenvalue weighted by molar-refractivity contribution is -0.136. The van der Waals surface area contributed by atoms with Crippen molar-refractivity contribution in [3.63, 3.8) is 0 Å². The molecule has 1 unspecified atom stereocenters. The number of alkyl halides is 1. The molecule has 0 radical (unpaired) electrons. The van der Waals surface area contributed by atoms with Crippen LogP contribution in [0.1, 0.15) is 16.8 Å². The zero-order valence-electron chi connectivity index (χ0n) is 10.7. The summed E-state index contributed by atoms with van der Waals surface area (Å²) >= 11 is 3.18. The Hall–Kier alpha value is -1.40. The van der Waals surface area contributed by atoms with E-state index in [1.54, 1.807) is 18.2 Å². The molecule has 1 N–H and O–H groups in total. The SMILES string of the molecule is COc1ccc(C(Br)C(=O)C(=O)CCO)cc1OC. The topological polar surface area (TPSA) is 72.8 Å². The van der Waals surface area contributed by atoms with E-state index in [1.165, 1.54) is 14.2 Å². The molecule has 5 nitrogen and oxygen atoms in total. The van der Waals surface area contributed by atoms with E-state index in [0.29, 0.717) is 17.1 Å². The second-order valence-electron chi connectivity index (χ2n) is 3.74. The molecule has 1 aromatic rings. The number of Topliss-reactive ketones (excluding diaryl/α,β-unsaturated/α-hetero) is 2. The van der Waals surface area contributed by atoms with Crippen molar-refractivity contribution in [2.24, 2.45) is 0 Å². The summed E-state index contributed by atoms with van der Waals surface area (Å²) in [6, 6.07) is 4.96. The quantitative estimate of drug-likeness (QED) is 0.608. The lowest BCUT2D eigenvalue weighted by atomic mass is 10.0. The van der Waals surface area contributed by atoms with Crippen LogP contribution >= 0.6 is 15.9 Å². The van der Waals surface area contributed by atoms with Crippen molar-refractivity contribution in [2.45, 2.75) is 11.2 Å². The minimum atomic E-state index is -0.758. The average Bonchev–Trinajstić information content (AvgIpc) is 2.45. The van der Waals surface area contributed by atoms with Crippen LogP contribution in [-0.2, 0) is 9.59 Å². The normalized spacial score (nSPS) is 11.8. The van der Waals surface area contributed by atoms with Gasteiger partial charge in [0.05, 0.1) is 20.8 Å². The molecule has 0 aromatic heterocycles. The molecule has 104 valence electrons. The number of carbonyl (C=O) groups excluding carboxylic acids is 2. The zero-order valence-corrected chi connectivity index (χ0v) is 12.3. The highest BCUT2D eigenvalue weighted by Crippen LogP contribution is 2.33. The maximum atomic E-state index is 11.8. The van der Waals surface area contributed by atoms with Crippen LogP contribution < -0.4 is 9.47 Å². The molecule has 0 aliphatic heterocycles. The fraction of sp³-hybridized carbons (Fsp3) is 0.385. The molecule has 0 aliphatic rings. The monoisotopic (exact) mass is 330 g/mol. The molecule has 0 aliphatic carbocycles. The van der Waals surface area contributed by atoms with Gasteiger partial charge in [0, 0.05) is 6.42 Å². The fourth-order valence-electron chi connectivity index (χ4n) is 1.53. The second kappa shape index (κ2) is 7.25. The predicted molar refractivity (Wildman–Crippen MR) is 72.9 cm³/mol. The Morgan fingerprint density at radius 2 is 1.89 bits per heavy atom. The minimum absolute atomic E-state index is 0.172. The van der Waals surface area contributed by atoms with Gasteiger partial charge in [-0.05, 0) is 17.7 Å². The molecule has 0 fully saturated rings. The lowest BCUT2D eigenvalue weighted by Gasteiger charge is -2.12. The van der Waals surface area contributed by atoms with Crippen LogP contribution in [0.25, 0.3) is 0 Å². The van der Waals surface area contributed by atoms with Gasteiger partial charge in [-0.25, -0.2) is 0 Å². The van der Waals surface area contributed by atoms with E-state index < -0.39 is 16.4 Å². The molecular formula is C13H15BrO5. The van der Waals surface area contributed by atoms with Gasteiger partial charge in [0.1, 0.15) is 4.83 Å². The van der Waals surface area contributed by atoms with E-state index >= 15 is 0 Å². The second-order valence-corrected chi connectivity index (χ2v) is 4.65. The van der Waals surface area contributed by atoms with Crippen molar-refractivity contribution in [3.8, 4) is 11.5 Å². The molecule has 0 amide bonds. The summed E-state index contributed by atoms with van der Waals surface area (Å²) < 4.78 is 10.2. The molecule has 0 bridgehead atoms. The Kier molecular flexibility index (Phi) is 5.98. The number of hydrogen-bond donors (Lipinski definition) is 1. The van der Waals surface area contributed by atoms with Crippen molar-refractivity contribution in [1.29, 1.82) is 0 Å². The fourth-order valence-corrected chi connectivity index (χ4v) is 2.07. The van der Waals surface area contributed by atoms with Gasteiger partial charge in [-0.1, -0.05) is 22.0 Å². The van der Waals surface area contributed by atoms with E-state index in [0.717, 1.165) is 0 Å². The molecule has 19 heavy (non-hydrogen) atoms.